The average Bonchev–Trinajstić information content (AvgIpc) is 3.09. The molecule has 130 valence electrons. The second-order valence-electron chi connectivity index (χ2n) is 6.04. The molecule has 0 saturated heterocycles. The van der Waals surface area contributed by atoms with E-state index in [0.717, 1.165) is 16.9 Å². The van der Waals surface area contributed by atoms with Crippen LogP contribution in [0.4, 0.5) is 0 Å². The molecule has 0 bridgehead atoms. The molecule has 0 unspecified atom stereocenters. The predicted molar refractivity (Wildman–Crippen MR) is 94.4 cm³/mol. The summed E-state index contributed by atoms with van der Waals surface area (Å²) in [6.07, 6.45) is 0.601. The summed E-state index contributed by atoms with van der Waals surface area (Å²) in [4.78, 5) is 0. The summed E-state index contributed by atoms with van der Waals surface area (Å²) in [6.45, 7) is 5.24. The second kappa shape index (κ2) is 7.90. The molecule has 0 radical (unpaired) electrons. The van der Waals surface area contributed by atoms with Crippen LogP contribution in [0.15, 0.2) is 36.4 Å². The van der Waals surface area contributed by atoms with Gasteiger partial charge in [0.15, 0.2) is 5.82 Å². The molecule has 0 spiro atoms. The van der Waals surface area contributed by atoms with E-state index in [4.69, 9.17) is 9.47 Å². The topological polar surface area (TPSA) is 72.9 Å². The third kappa shape index (κ3) is 4.22. The highest BCUT2D eigenvalue weighted by molar-refractivity contribution is 5.39. The number of nitrogens with one attached hydrogen (secondary N) is 1. The summed E-state index contributed by atoms with van der Waals surface area (Å²) in [5.41, 5.74) is 5.77. The quantitative estimate of drug-likeness (QED) is 0.716. The van der Waals surface area contributed by atoms with Gasteiger partial charge in [-0.15, -0.1) is 10.2 Å². The van der Waals surface area contributed by atoms with Gasteiger partial charge in [-0.1, -0.05) is 35.5 Å². The Kier molecular flexibility index (Phi) is 5.40. The minimum Gasteiger partial charge on any atom is -0.489 e. The molecule has 0 atom stereocenters. The van der Waals surface area contributed by atoms with Gasteiger partial charge < -0.3 is 9.47 Å². The lowest BCUT2D eigenvalue weighted by molar-refractivity contribution is 0.179. The predicted octanol–water partition coefficient (Wildman–Crippen LogP) is 3.13. The van der Waals surface area contributed by atoms with Crippen molar-refractivity contribution in [2.75, 3.05) is 7.11 Å². The lowest BCUT2D eigenvalue weighted by atomic mass is 10.0. The maximum Gasteiger partial charge on any atom is 0.178 e. The van der Waals surface area contributed by atoms with Gasteiger partial charge in [0, 0.05) is 19.1 Å². The number of rotatable bonds is 7. The first kappa shape index (κ1) is 17.1. The van der Waals surface area contributed by atoms with Gasteiger partial charge in [-0.25, -0.2) is 0 Å². The van der Waals surface area contributed by atoms with E-state index < -0.39 is 0 Å². The standard InChI is InChI=1S/C19H22N4O2/c1-13-5-4-6-14(2)17(13)12-25-18-9-15(7-8-16(18)11-24-3)10-19-20-22-23-21-19/h4-9H,10-12H2,1-3H3,(H,20,21,22,23). The molecule has 0 aliphatic heterocycles. The fraction of sp³-hybridized carbons (Fsp3) is 0.316. The molecule has 0 fully saturated rings. The Bertz CT molecular complexity index is 811. The van der Waals surface area contributed by atoms with Crippen molar-refractivity contribution >= 4 is 0 Å². The van der Waals surface area contributed by atoms with Gasteiger partial charge in [-0.3, -0.25) is 0 Å². The van der Waals surface area contributed by atoms with Crippen LogP contribution in [-0.2, 0) is 24.4 Å². The summed E-state index contributed by atoms with van der Waals surface area (Å²) in [5, 5.41) is 14.1. The number of H-pyrrole nitrogens is 1. The van der Waals surface area contributed by atoms with Gasteiger partial charge in [0.05, 0.1) is 6.61 Å². The second-order valence-corrected chi connectivity index (χ2v) is 6.04. The van der Waals surface area contributed by atoms with Gasteiger partial charge in [0.25, 0.3) is 0 Å². The number of hydrogen-bond donors (Lipinski definition) is 1. The average molecular weight is 338 g/mol. The largest absolute Gasteiger partial charge is 0.489 e. The zero-order chi connectivity index (χ0) is 17.6. The monoisotopic (exact) mass is 338 g/mol. The van der Waals surface area contributed by atoms with E-state index in [2.05, 4.69) is 52.7 Å². The number of ether oxygens (including phenoxy) is 2. The molecule has 25 heavy (non-hydrogen) atoms. The van der Waals surface area contributed by atoms with Gasteiger partial charge in [-0.05, 0) is 42.2 Å². The Hall–Kier alpha value is -2.73. The molecule has 3 aromatic rings. The van der Waals surface area contributed by atoms with Crippen LogP contribution >= 0.6 is 0 Å². The van der Waals surface area contributed by atoms with Crippen LogP contribution in [0.1, 0.15) is 33.6 Å². The third-order valence-corrected chi connectivity index (χ3v) is 4.20. The highest BCUT2D eigenvalue weighted by atomic mass is 16.5. The Labute approximate surface area is 147 Å². The molecule has 0 aliphatic rings. The number of hydrogen-bond acceptors (Lipinski definition) is 5. The summed E-state index contributed by atoms with van der Waals surface area (Å²) in [6, 6.07) is 12.4. The van der Waals surface area contributed by atoms with E-state index in [1.807, 2.05) is 18.2 Å². The Morgan fingerprint density at radius 3 is 2.52 bits per heavy atom. The van der Waals surface area contributed by atoms with Crippen LogP contribution in [0.2, 0.25) is 0 Å². The number of aromatic nitrogens is 4. The lowest BCUT2D eigenvalue weighted by Crippen LogP contribution is -2.04. The van der Waals surface area contributed by atoms with Crippen LogP contribution in [0.25, 0.3) is 0 Å². The number of nitrogens with zero attached hydrogens (tertiary/aromatic N) is 3. The molecule has 3 rings (SSSR count). The number of benzene rings is 2. The normalized spacial score (nSPS) is 10.8. The number of methoxy groups -OCH3 is 1. The molecule has 0 aliphatic carbocycles. The summed E-state index contributed by atoms with van der Waals surface area (Å²) >= 11 is 0. The van der Waals surface area contributed by atoms with Crippen LogP contribution < -0.4 is 4.74 Å². The first-order valence-corrected chi connectivity index (χ1v) is 8.18. The maximum absolute atomic E-state index is 6.15. The van der Waals surface area contributed by atoms with Crippen LogP contribution in [0, 0.1) is 13.8 Å². The molecule has 2 aromatic carbocycles. The van der Waals surface area contributed by atoms with E-state index >= 15 is 0 Å². The van der Waals surface area contributed by atoms with E-state index in [9.17, 15) is 0 Å². The maximum atomic E-state index is 6.15. The van der Waals surface area contributed by atoms with Crippen LogP contribution in [0.3, 0.4) is 0 Å². The fourth-order valence-corrected chi connectivity index (χ4v) is 2.78. The van der Waals surface area contributed by atoms with Gasteiger partial charge in [0.1, 0.15) is 12.4 Å². The van der Waals surface area contributed by atoms with Crippen molar-refractivity contribution in [3.63, 3.8) is 0 Å². The summed E-state index contributed by atoms with van der Waals surface area (Å²) < 4.78 is 11.4. The van der Waals surface area contributed by atoms with E-state index in [0.29, 0.717) is 25.5 Å². The number of aromatic amines is 1. The summed E-state index contributed by atoms with van der Waals surface area (Å²) in [7, 11) is 1.68. The molecule has 1 heterocycles. The van der Waals surface area contributed by atoms with Crippen LogP contribution in [0.5, 0.6) is 5.75 Å². The zero-order valence-corrected chi connectivity index (χ0v) is 14.7. The van der Waals surface area contributed by atoms with E-state index in [1.165, 1.54) is 16.7 Å². The fourth-order valence-electron chi connectivity index (χ4n) is 2.78. The Morgan fingerprint density at radius 1 is 1.04 bits per heavy atom. The van der Waals surface area contributed by atoms with Gasteiger partial charge >= 0.3 is 0 Å². The summed E-state index contributed by atoms with van der Waals surface area (Å²) in [5.74, 6) is 1.48. The molecule has 1 aromatic heterocycles. The van der Waals surface area contributed by atoms with E-state index in [1.54, 1.807) is 7.11 Å². The van der Waals surface area contributed by atoms with Crippen molar-refractivity contribution in [3.8, 4) is 5.75 Å². The highest BCUT2D eigenvalue weighted by Gasteiger charge is 2.10. The van der Waals surface area contributed by atoms with Crippen molar-refractivity contribution in [2.45, 2.75) is 33.5 Å². The van der Waals surface area contributed by atoms with Gasteiger partial charge in [-0.2, -0.15) is 5.21 Å². The number of tetrazole rings is 1. The minimum atomic E-state index is 0.505. The van der Waals surface area contributed by atoms with Crippen LogP contribution in [-0.4, -0.2) is 27.7 Å². The lowest BCUT2D eigenvalue weighted by Gasteiger charge is -2.15. The zero-order valence-electron chi connectivity index (χ0n) is 14.7. The van der Waals surface area contributed by atoms with Gasteiger partial charge in [0.2, 0.25) is 0 Å². The van der Waals surface area contributed by atoms with Crippen molar-refractivity contribution in [3.05, 3.63) is 70.0 Å². The van der Waals surface area contributed by atoms with Crippen molar-refractivity contribution in [1.29, 1.82) is 0 Å². The Morgan fingerprint density at radius 2 is 1.84 bits per heavy atom. The van der Waals surface area contributed by atoms with Crippen molar-refractivity contribution < 1.29 is 9.47 Å². The molecule has 6 nitrogen and oxygen atoms in total. The molecule has 0 saturated carbocycles. The first-order chi connectivity index (χ1) is 12.2. The third-order valence-electron chi connectivity index (χ3n) is 4.20. The first-order valence-electron chi connectivity index (χ1n) is 8.18. The molecule has 6 heteroatoms. The Balaban J connectivity index is 1.82. The molecular weight excluding hydrogens is 316 g/mol. The SMILES string of the molecule is COCc1ccc(Cc2nn[nH]n2)cc1OCc1c(C)cccc1C. The smallest absolute Gasteiger partial charge is 0.178 e. The molecule has 1 N–H and O–H groups in total. The molecular formula is C19H22N4O2. The molecule has 0 amide bonds. The number of aryl methyl sites for hydroxylation is 2. The highest BCUT2D eigenvalue weighted by Crippen LogP contribution is 2.25. The van der Waals surface area contributed by atoms with Crippen molar-refractivity contribution in [1.82, 2.24) is 20.6 Å². The minimum absolute atomic E-state index is 0.505. The van der Waals surface area contributed by atoms with E-state index in [-0.39, 0.29) is 0 Å². The van der Waals surface area contributed by atoms with Crippen molar-refractivity contribution in [2.24, 2.45) is 0 Å².